The lowest BCUT2D eigenvalue weighted by Crippen LogP contribution is -2.18. The number of carbonyl (C=O) groups excluding carboxylic acids is 1. The van der Waals surface area contributed by atoms with Gasteiger partial charge in [-0.05, 0) is 36.2 Å². The second-order valence-electron chi connectivity index (χ2n) is 6.07. The van der Waals surface area contributed by atoms with Gasteiger partial charge in [0.05, 0.1) is 37.3 Å². The van der Waals surface area contributed by atoms with Crippen molar-refractivity contribution in [2.75, 3.05) is 20.8 Å². The number of hydrogen-bond acceptors (Lipinski definition) is 5. The normalized spacial score (nSPS) is 10.7. The summed E-state index contributed by atoms with van der Waals surface area (Å²) < 4.78 is 30.1. The van der Waals surface area contributed by atoms with Crippen LogP contribution in [0.3, 0.4) is 0 Å². The van der Waals surface area contributed by atoms with Crippen molar-refractivity contribution in [2.24, 2.45) is 0 Å². The van der Waals surface area contributed by atoms with Gasteiger partial charge >= 0.3 is 5.97 Å². The van der Waals surface area contributed by atoms with Crippen LogP contribution < -0.4 is 14.9 Å². The Balaban J connectivity index is 2.36. The van der Waals surface area contributed by atoms with Crippen molar-refractivity contribution in [3.05, 3.63) is 58.1 Å². The van der Waals surface area contributed by atoms with Gasteiger partial charge in [0.25, 0.3) is 0 Å². The Morgan fingerprint density at radius 3 is 2.43 bits per heavy atom. The summed E-state index contributed by atoms with van der Waals surface area (Å²) in [5.74, 6) is -0.564. The molecule has 3 rings (SSSR count). The lowest BCUT2D eigenvalue weighted by molar-refractivity contribution is 0.0595. The highest BCUT2D eigenvalue weighted by atomic mass is 19.1. The van der Waals surface area contributed by atoms with Crippen molar-refractivity contribution < 1.29 is 23.4 Å². The molecular weight excluding hydrogens is 365 g/mol. The molecule has 7 heteroatoms. The lowest BCUT2D eigenvalue weighted by atomic mass is 10.00. The average Bonchev–Trinajstić information content (AvgIpc) is 2.72. The van der Waals surface area contributed by atoms with Crippen LogP contribution in [0.2, 0.25) is 0 Å². The van der Waals surface area contributed by atoms with Gasteiger partial charge in [-0.25, -0.2) is 9.18 Å². The molecule has 0 spiro atoms. The first kappa shape index (κ1) is 19.4. The molecule has 0 atom stereocenters. The molecule has 1 heterocycles. The van der Waals surface area contributed by atoms with Gasteiger partial charge in [-0.1, -0.05) is 19.1 Å². The molecule has 6 nitrogen and oxygen atoms in total. The molecule has 2 aromatic carbocycles. The Kier molecular flexibility index (Phi) is 5.63. The molecule has 0 bridgehead atoms. The number of nitrogens with one attached hydrogen (secondary N) is 1. The summed E-state index contributed by atoms with van der Waals surface area (Å²) >= 11 is 0. The maximum Gasteiger partial charge on any atom is 0.355 e. The van der Waals surface area contributed by atoms with E-state index in [4.69, 9.17) is 14.2 Å². The zero-order valence-corrected chi connectivity index (χ0v) is 15.8. The van der Waals surface area contributed by atoms with Gasteiger partial charge in [-0.3, -0.25) is 4.79 Å². The zero-order valence-electron chi connectivity index (χ0n) is 15.8. The summed E-state index contributed by atoms with van der Waals surface area (Å²) in [7, 11) is 2.73. The highest BCUT2D eigenvalue weighted by Crippen LogP contribution is 2.30. The molecule has 146 valence electrons. The van der Waals surface area contributed by atoms with Crippen molar-refractivity contribution in [1.29, 1.82) is 0 Å². The molecule has 0 fully saturated rings. The quantitative estimate of drug-likeness (QED) is 0.651. The van der Waals surface area contributed by atoms with Crippen LogP contribution in [-0.4, -0.2) is 31.8 Å². The van der Waals surface area contributed by atoms with Gasteiger partial charge in [0.1, 0.15) is 23.0 Å². The van der Waals surface area contributed by atoms with Gasteiger partial charge < -0.3 is 19.2 Å². The fraction of sp³-hybridized carbons (Fsp3) is 0.238. The molecule has 0 aliphatic rings. The van der Waals surface area contributed by atoms with E-state index >= 15 is 0 Å². The number of ether oxygens (including phenoxy) is 3. The Bertz CT molecular complexity index is 1070. The maximum absolute atomic E-state index is 14.6. The van der Waals surface area contributed by atoms with Crippen LogP contribution in [0.4, 0.5) is 4.39 Å². The van der Waals surface area contributed by atoms with E-state index in [2.05, 4.69) is 4.98 Å². The van der Waals surface area contributed by atoms with Crippen LogP contribution in [0.25, 0.3) is 22.0 Å². The number of aromatic nitrogens is 1. The monoisotopic (exact) mass is 385 g/mol. The van der Waals surface area contributed by atoms with Gasteiger partial charge in [-0.15, -0.1) is 0 Å². The molecule has 0 unspecified atom stereocenters. The van der Waals surface area contributed by atoms with Gasteiger partial charge in [-0.2, -0.15) is 0 Å². The fourth-order valence-electron chi connectivity index (χ4n) is 2.95. The number of benzene rings is 2. The van der Waals surface area contributed by atoms with E-state index in [-0.39, 0.29) is 22.2 Å². The standard InChI is InChI=1S/C21H20FNO5/c1-4-11-28-15-10-9-14(22)17-18(15)23-19(21(25)27-3)16(20(17)24)12-5-7-13(26-2)8-6-12/h5-10H,4,11H2,1-3H3,(H,23,24). The number of rotatable bonds is 6. The van der Waals surface area contributed by atoms with Crippen LogP contribution >= 0.6 is 0 Å². The van der Waals surface area contributed by atoms with E-state index < -0.39 is 17.2 Å². The minimum absolute atomic E-state index is 0.0218. The minimum atomic E-state index is -0.740. The van der Waals surface area contributed by atoms with Crippen molar-refractivity contribution in [2.45, 2.75) is 13.3 Å². The van der Waals surface area contributed by atoms with E-state index in [1.54, 1.807) is 24.3 Å². The topological polar surface area (TPSA) is 77.6 Å². The first-order valence-electron chi connectivity index (χ1n) is 8.75. The number of pyridine rings is 1. The van der Waals surface area contributed by atoms with Crippen LogP contribution in [0, 0.1) is 5.82 Å². The number of carbonyl (C=O) groups is 1. The Morgan fingerprint density at radius 1 is 1.11 bits per heavy atom. The molecular formula is C21H20FNO5. The Hall–Kier alpha value is -3.35. The molecule has 0 amide bonds. The first-order valence-corrected chi connectivity index (χ1v) is 8.75. The number of H-pyrrole nitrogens is 1. The molecule has 0 aliphatic heterocycles. The summed E-state index contributed by atoms with van der Waals surface area (Å²) in [4.78, 5) is 28.5. The minimum Gasteiger partial charge on any atom is -0.497 e. The van der Waals surface area contributed by atoms with Crippen LogP contribution in [0.15, 0.2) is 41.2 Å². The van der Waals surface area contributed by atoms with Crippen LogP contribution in [0.1, 0.15) is 23.8 Å². The third kappa shape index (κ3) is 3.43. The summed E-state index contributed by atoms with van der Waals surface area (Å²) in [6, 6.07) is 9.15. The zero-order chi connectivity index (χ0) is 20.3. The van der Waals surface area contributed by atoms with Crippen molar-refractivity contribution in [3.63, 3.8) is 0 Å². The molecule has 0 aliphatic carbocycles. The number of esters is 1. The van der Waals surface area contributed by atoms with Gasteiger partial charge in [0, 0.05) is 0 Å². The van der Waals surface area contributed by atoms with Crippen molar-refractivity contribution in [3.8, 4) is 22.6 Å². The molecule has 1 aromatic heterocycles. The molecule has 0 saturated heterocycles. The fourth-order valence-corrected chi connectivity index (χ4v) is 2.95. The molecule has 3 aromatic rings. The number of hydrogen-bond donors (Lipinski definition) is 1. The number of methoxy groups -OCH3 is 2. The molecule has 0 saturated carbocycles. The van der Waals surface area contributed by atoms with E-state index in [9.17, 15) is 14.0 Å². The first-order chi connectivity index (χ1) is 13.5. The van der Waals surface area contributed by atoms with E-state index in [0.29, 0.717) is 23.7 Å². The van der Waals surface area contributed by atoms with E-state index in [1.165, 1.54) is 26.4 Å². The van der Waals surface area contributed by atoms with Gasteiger partial charge in [0.15, 0.2) is 0 Å². The summed E-state index contributed by atoms with van der Waals surface area (Å²) in [6.45, 7) is 2.31. The van der Waals surface area contributed by atoms with Crippen molar-refractivity contribution >= 4 is 16.9 Å². The second-order valence-corrected chi connectivity index (χ2v) is 6.07. The summed E-state index contributed by atoms with van der Waals surface area (Å²) in [5, 5.41) is -0.174. The summed E-state index contributed by atoms with van der Waals surface area (Å²) in [6.07, 6.45) is 0.733. The highest BCUT2D eigenvalue weighted by Gasteiger charge is 2.23. The highest BCUT2D eigenvalue weighted by molar-refractivity contribution is 6.00. The molecule has 0 radical (unpaired) electrons. The van der Waals surface area contributed by atoms with Crippen LogP contribution in [-0.2, 0) is 4.74 Å². The second kappa shape index (κ2) is 8.12. The van der Waals surface area contributed by atoms with Gasteiger partial charge in [0.2, 0.25) is 5.43 Å². The Morgan fingerprint density at radius 2 is 1.82 bits per heavy atom. The smallest absolute Gasteiger partial charge is 0.355 e. The average molecular weight is 385 g/mol. The van der Waals surface area contributed by atoms with Crippen molar-refractivity contribution in [1.82, 2.24) is 4.98 Å². The summed E-state index contributed by atoms with van der Waals surface area (Å²) in [5.41, 5.74) is -0.121. The Labute approximate surface area is 160 Å². The number of fused-ring (bicyclic) bond motifs is 1. The SMILES string of the molecule is CCCOc1ccc(F)c2c(=O)c(-c3ccc(OC)cc3)c(C(=O)OC)[nH]c12. The number of halogens is 1. The molecule has 1 N–H and O–H groups in total. The predicted molar refractivity (Wildman–Crippen MR) is 104 cm³/mol. The predicted octanol–water partition coefficient (Wildman–Crippen LogP) is 3.92. The molecule has 28 heavy (non-hydrogen) atoms. The third-order valence-corrected chi connectivity index (χ3v) is 4.30. The number of aromatic amines is 1. The largest absolute Gasteiger partial charge is 0.497 e. The lowest BCUT2D eigenvalue weighted by Gasteiger charge is -2.14. The van der Waals surface area contributed by atoms with Crippen LogP contribution in [0.5, 0.6) is 11.5 Å². The van der Waals surface area contributed by atoms with E-state index in [1.807, 2.05) is 6.92 Å². The third-order valence-electron chi connectivity index (χ3n) is 4.30. The van der Waals surface area contributed by atoms with E-state index in [0.717, 1.165) is 6.42 Å². The maximum atomic E-state index is 14.6.